The van der Waals surface area contributed by atoms with Crippen molar-refractivity contribution in [2.75, 3.05) is 37.7 Å². The molecule has 0 saturated carbocycles. The fourth-order valence-corrected chi connectivity index (χ4v) is 9.09. The number of carbonyl (C=O) groups excluding carboxylic acids is 8. The maximum Gasteiger partial charge on any atom is 0.407 e. The molecule has 0 radical (unpaired) electrons. The third-order valence-electron chi connectivity index (χ3n) is 10.6. The Morgan fingerprint density at radius 2 is 0.769 bits per heavy atom. The number of nitrogens with one attached hydrogen (secondary N) is 6. The fraction of sp³-hybridized carbons (Fsp3) is 0.615. The Labute approximate surface area is 463 Å². The van der Waals surface area contributed by atoms with Crippen LogP contribution in [0.2, 0.25) is 0 Å². The van der Waals surface area contributed by atoms with Crippen LogP contribution in [0, 0.1) is 20.2 Å². The third-order valence-corrected chi connectivity index (χ3v) is 13.0. The van der Waals surface area contributed by atoms with Crippen molar-refractivity contribution in [1.29, 1.82) is 0 Å². The van der Waals surface area contributed by atoms with Gasteiger partial charge < -0.3 is 50.8 Å². The van der Waals surface area contributed by atoms with Crippen LogP contribution in [0.1, 0.15) is 144 Å². The van der Waals surface area contributed by atoms with Gasteiger partial charge in [-0.15, -0.1) is 0 Å². The lowest BCUT2D eigenvalue weighted by molar-refractivity contribution is -0.385. The zero-order valence-electron chi connectivity index (χ0n) is 45.6. The summed E-state index contributed by atoms with van der Waals surface area (Å²) in [5, 5.41) is 38.5. The van der Waals surface area contributed by atoms with E-state index in [9.17, 15) is 58.6 Å². The van der Waals surface area contributed by atoms with Crippen molar-refractivity contribution < 1.29 is 67.2 Å². The van der Waals surface area contributed by atoms with E-state index in [2.05, 4.69) is 31.9 Å². The topological polar surface area (TPSA) is 332 Å². The number of alkyl carbamates (subject to hydrolysis) is 2. The van der Waals surface area contributed by atoms with Gasteiger partial charge >= 0.3 is 24.1 Å². The standard InChI is InChI=1S/C52H78N8O16S2/c1-51(2,3)75-49(67)55-33-17-7-11-19-43(61)57-41(47(65)53-31-15-9-13-21-45(63)73-39-27-23-37(24-28-39)59(69)70)35-77-78-36-42(58-44(62)20-12-8-18-34-56-50(68)76-52(4,5)6)48(66)54-32-16-10-14-22-46(64)74-40-29-25-38(26-30-40)60(71)72/h23-30,41-42H,7-22,31-36H2,1-6H3,(H,53,65)(H,54,66)(H,55,67)(H,56,68)(H,57,61)(H,58,62)/t41-,42-/m0/s1. The fourth-order valence-electron chi connectivity index (χ4n) is 6.76. The Bertz CT molecular complexity index is 2090. The Morgan fingerprint density at radius 1 is 0.462 bits per heavy atom. The average Bonchev–Trinajstić information content (AvgIpc) is 3.35. The number of unbranched alkanes of at least 4 members (excludes halogenated alkanes) is 8. The van der Waals surface area contributed by atoms with Crippen LogP contribution in [0.4, 0.5) is 21.0 Å². The van der Waals surface area contributed by atoms with Gasteiger partial charge in [0, 0.05) is 87.6 Å². The van der Waals surface area contributed by atoms with Crippen molar-refractivity contribution in [2.45, 2.75) is 168 Å². The van der Waals surface area contributed by atoms with Gasteiger partial charge in [-0.05, 0) is 117 Å². The van der Waals surface area contributed by atoms with E-state index in [1.54, 1.807) is 41.5 Å². The maximum absolute atomic E-state index is 13.5. The van der Waals surface area contributed by atoms with E-state index >= 15 is 0 Å². The number of nitro groups is 2. The molecule has 0 aliphatic heterocycles. The number of rotatable bonds is 37. The number of non-ortho nitro benzene ring substituents is 2. The van der Waals surface area contributed by atoms with Crippen molar-refractivity contribution in [2.24, 2.45) is 0 Å². The molecule has 0 fully saturated rings. The summed E-state index contributed by atoms with van der Waals surface area (Å²) in [6.07, 6.45) is 5.75. The van der Waals surface area contributed by atoms with Crippen LogP contribution in [0.5, 0.6) is 11.5 Å². The van der Waals surface area contributed by atoms with Crippen molar-refractivity contribution in [3.05, 3.63) is 68.8 Å². The zero-order chi connectivity index (χ0) is 57.9. The normalized spacial score (nSPS) is 11.9. The van der Waals surface area contributed by atoms with Gasteiger partial charge in [-0.25, -0.2) is 9.59 Å². The molecule has 2 rings (SSSR count). The maximum atomic E-state index is 13.5. The highest BCUT2D eigenvalue weighted by Gasteiger charge is 2.25. The highest BCUT2D eigenvalue weighted by molar-refractivity contribution is 8.76. The summed E-state index contributed by atoms with van der Waals surface area (Å²) in [6.45, 7) is 11.8. The van der Waals surface area contributed by atoms with E-state index in [4.69, 9.17) is 18.9 Å². The van der Waals surface area contributed by atoms with E-state index in [0.29, 0.717) is 90.1 Å². The number of nitro benzene ring substituents is 2. The zero-order valence-corrected chi connectivity index (χ0v) is 47.2. The van der Waals surface area contributed by atoms with E-state index in [0.717, 1.165) is 0 Å². The predicted octanol–water partition coefficient (Wildman–Crippen LogP) is 7.89. The quantitative estimate of drug-likeness (QED) is 0.00935. The van der Waals surface area contributed by atoms with E-state index in [1.165, 1.54) is 70.1 Å². The van der Waals surface area contributed by atoms with Gasteiger partial charge in [-0.3, -0.25) is 49.0 Å². The minimum atomic E-state index is -0.974. The number of hydrogen-bond donors (Lipinski definition) is 6. The van der Waals surface area contributed by atoms with Crippen LogP contribution < -0.4 is 41.4 Å². The van der Waals surface area contributed by atoms with Crippen LogP contribution in [-0.4, -0.2) is 119 Å². The van der Waals surface area contributed by atoms with Gasteiger partial charge in [0.1, 0.15) is 34.8 Å². The van der Waals surface area contributed by atoms with Crippen molar-refractivity contribution in [1.82, 2.24) is 31.9 Å². The number of esters is 2. The summed E-state index contributed by atoms with van der Waals surface area (Å²) in [5.74, 6) is -2.07. The average molecular weight is 1140 g/mol. The van der Waals surface area contributed by atoms with Gasteiger partial charge in [-0.2, -0.15) is 0 Å². The Morgan fingerprint density at radius 3 is 1.08 bits per heavy atom. The highest BCUT2D eigenvalue weighted by Crippen LogP contribution is 2.24. The molecular weight excluding hydrogens is 1060 g/mol. The second-order valence-corrected chi connectivity index (χ2v) is 22.5. The molecule has 0 aromatic heterocycles. The highest BCUT2D eigenvalue weighted by atomic mass is 33.1. The molecule has 2 atom stereocenters. The first-order valence-corrected chi connectivity index (χ1v) is 28.6. The smallest absolute Gasteiger partial charge is 0.407 e. The van der Waals surface area contributed by atoms with Gasteiger partial charge in [0.25, 0.3) is 11.4 Å². The first-order valence-electron chi connectivity index (χ1n) is 26.1. The molecule has 0 bridgehead atoms. The molecule has 0 aliphatic rings. The molecule has 0 unspecified atom stereocenters. The number of ether oxygens (including phenoxy) is 4. The number of benzene rings is 2. The predicted molar refractivity (Wildman–Crippen MR) is 295 cm³/mol. The molecular formula is C52H78N8O16S2. The molecule has 2 aromatic rings. The summed E-state index contributed by atoms with van der Waals surface area (Å²) in [6, 6.07) is 8.35. The Balaban J connectivity index is 1.98. The van der Waals surface area contributed by atoms with Crippen LogP contribution in [0.25, 0.3) is 0 Å². The van der Waals surface area contributed by atoms with Crippen molar-refractivity contribution >= 4 is 80.7 Å². The van der Waals surface area contributed by atoms with Crippen molar-refractivity contribution in [3.8, 4) is 11.5 Å². The summed E-state index contributed by atoms with van der Waals surface area (Å²) in [5.41, 5.74) is -1.54. The summed E-state index contributed by atoms with van der Waals surface area (Å²) >= 11 is 0. The SMILES string of the molecule is CC(C)(C)OC(=O)NCCCCCC(=O)N[C@@H](CSSC[C@H](NC(=O)CCCCCNC(=O)OC(C)(C)C)C(=O)NCCCCCC(=O)Oc1ccc([N+](=O)[O-])cc1)C(=O)NCCCCCC(=O)Oc1ccc([N+](=O)[O-])cc1. The molecule has 0 saturated heterocycles. The van der Waals surface area contributed by atoms with Crippen molar-refractivity contribution in [3.63, 3.8) is 0 Å². The van der Waals surface area contributed by atoms with Crippen LogP contribution >= 0.6 is 21.6 Å². The second-order valence-electron chi connectivity index (χ2n) is 19.9. The molecule has 0 heterocycles. The Kier molecular flexibility index (Phi) is 32.1. The second kappa shape index (κ2) is 37.2. The first kappa shape index (κ1) is 67.4. The monoisotopic (exact) mass is 1130 g/mol. The lowest BCUT2D eigenvalue weighted by atomic mass is 10.1. The van der Waals surface area contributed by atoms with E-state index in [-0.39, 0.29) is 85.0 Å². The number of hydrogen-bond acceptors (Lipinski definition) is 18. The minimum Gasteiger partial charge on any atom is -0.444 e. The van der Waals surface area contributed by atoms with Crippen LogP contribution in [-0.2, 0) is 38.2 Å². The molecule has 26 heteroatoms. The van der Waals surface area contributed by atoms with Gasteiger partial charge in [0.05, 0.1) is 9.85 Å². The van der Waals surface area contributed by atoms with Gasteiger partial charge in [-0.1, -0.05) is 47.3 Å². The molecule has 24 nitrogen and oxygen atoms in total. The van der Waals surface area contributed by atoms with Gasteiger partial charge in [0.2, 0.25) is 23.6 Å². The minimum absolute atomic E-state index is 0.0797. The van der Waals surface area contributed by atoms with E-state index < -0.39 is 69.1 Å². The van der Waals surface area contributed by atoms with Crippen LogP contribution in [0.15, 0.2) is 48.5 Å². The molecule has 0 spiro atoms. The van der Waals surface area contributed by atoms with E-state index in [1.807, 2.05) is 0 Å². The summed E-state index contributed by atoms with van der Waals surface area (Å²) < 4.78 is 21.0. The third kappa shape index (κ3) is 33.5. The molecule has 2 aromatic carbocycles. The largest absolute Gasteiger partial charge is 0.444 e. The number of amides is 6. The molecule has 434 valence electrons. The molecule has 0 aliphatic carbocycles. The number of nitrogens with zero attached hydrogens (tertiary/aromatic N) is 2. The molecule has 6 N–H and O–H groups in total. The van der Waals surface area contributed by atoms with Crippen LogP contribution in [0.3, 0.4) is 0 Å². The Hall–Kier alpha value is -6.70. The first-order chi connectivity index (χ1) is 36.9. The molecule has 6 amide bonds. The lowest BCUT2D eigenvalue weighted by Gasteiger charge is -2.20. The lowest BCUT2D eigenvalue weighted by Crippen LogP contribution is -2.49. The van der Waals surface area contributed by atoms with Gasteiger partial charge in [0.15, 0.2) is 0 Å². The summed E-state index contributed by atoms with van der Waals surface area (Å²) in [4.78, 5) is 123. The molecule has 78 heavy (non-hydrogen) atoms. The summed E-state index contributed by atoms with van der Waals surface area (Å²) in [7, 11) is 2.45. The number of carbonyl (C=O) groups is 8.